The standard InChI is InChI=1S/C21H36N4O6.C20H34N2O5/c1-20(2,3)15(23-19(29)31-21(4,5)6)16(26)24-10-9-13-14(24)12(17(27)30-8)11-25(13)18(28)22-7;1-19(2,3)15(21-18(25)27-20(4,5)6)16(23)22-11-10-12-8-9-13(14(12)22)17(24)26-7/h12-15H,9-11H2,1-8H3,(H,22,28)(H,23,29);12-15H,8-11H2,1-7H3,(H,21,25)/t12-,13+,14+,15+;12-,13+,14+,15-/m01/s1. The second kappa shape index (κ2) is 18.3. The van der Waals surface area contributed by atoms with Crippen LogP contribution in [-0.2, 0) is 38.1 Å². The summed E-state index contributed by atoms with van der Waals surface area (Å²) in [7, 11) is 4.21. The molecule has 17 nitrogen and oxygen atoms in total. The van der Waals surface area contributed by atoms with Crippen molar-refractivity contribution in [2.24, 2.45) is 28.6 Å². The second-order valence-electron chi connectivity index (χ2n) is 19.9. The van der Waals surface area contributed by atoms with Crippen LogP contribution in [0.15, 0.2) is 0 Å². The van der Waals surface area contributed by atoms with Crippen LogP contribution in [0.1, 0.15) is 109 Å². The summed E-state index contributed by atoms with van der Waals surface area (Å²) in [5.74, 6) is -1.80. The first-order chi connectivity index (χ1) is 26.6. The molecule has 0 aromatic carbocycles. The molecule has 8 atom stereocenters. The minimum Gasteiger partial charge on any atom is -0.469 e. The van der Waals surface area contributed by atoms with Gasteiger partial charge in [0.2, 0.25) is 11.8 Å². The van der Waals surface area contributed by atoms with Crippen LogP contribution in [0, 0.1) is 28.6 Å². The van der Waals surface area contributed by atoms with E-state index < -0.39 is 64.2 Å². The molecule has 1 aliphatic carbocycles. The van der Waals surface area contributed by atoms with Crippen molar-refractivity contribution in [3.63, 3.8) is 0 Å². The summed E-state index contributed by atoms with van der Waals surface area (Å²) in [6.45, 7) is 23.0. The molecule has 0 aromatic rings. The second-order valence-corrected chi connectivity index (χ2v) is 19.9. The van der Waals surface area contributed by atoms with Gasteiger partial charge in [0.15, 0.2) is 0 Å². The highest BCUT2D eigenvalue weighted by Gasteiger charge is 2.56. The van der Waals surface area contributed by atoms with E-state index in [9.17, 15) is 33.6 Å². The normalized spacial score (nSPS) is 25.3. The van der Waals surface area contributed by atoms with Gasteiger partial charge in [-0.1, -0.05) is 41.5 Å². The molecule has 3 N–H and O–H groups in total. The molecular weight excluding hydrogens is 752 g/mol. The quantitative estimate of drug-likeness (QED) is 0.258. The number of carbonyl (C=O) groups is 7. The minimum atomic E-state index is -0.867. The molecule has 3 saturated heterocycles. The van der Waals surface area contributed by atoms with Crippen molar-refractivity contribution in [2.75, 3.05) is 40.9 Å². The van der Waals surface area contributed by atoms with Gasteiger partial charge >= 0.3 is 30.2 Å². The number of methoxy groups -OCH3 is 2. The summed E-state index contributed by atoms with van der Waals surface area (Å²) in [4.78, 5) is 93.7. The summed E-state index contributed by atoms with van der Waals surface area (Å²) < 4.78 is 20.6. The predicted molar refractivity (Wildman–Crippen MR) is 214 cm³/mol. The van der Waals surface area contributed by atoms with Crippen molar-refractivity contribution in [2.45, 2.75) is 150 Å². The van der Waals surface area contributed by atoms with Gasteiger partial charge in [0, 0.05) is 32.7 Å². The average molecular weight is 823 g/mol. The maximum Gasteiger partial charge on any atom is 0.408 e. The van der Waals surface area contributed by atoms with Crippen molar-refractivity contribution in [3.05, 3.63) is 0 Å². The van der Waals surface area contributed by atoms with Gasteiger partial charge in [0.05, 0.1) is 38.1 Å². The fourth-order valence-electron chi connectivity index (χ4n) is 8.53. The first-order valence-corrected chi connectivity index (χ1v) is 20.3. The fourth-order valence-corrected chi connectivity index (χ4v) is 8.53. The Morgan fingerprint density at radius 3 is 1.41 bits per heavy atom. The van der Waals surface area contributed by atoms with Gasteiger partial charge < -0.3 is 49.6 Å². The van der Waals surface area contributed by atoms with Gasteiger partial charge in [0.1, 0.15) is 23.3 Å². The number of hydrogen-bond acceptors (Lipinski definition) is 11. The molecule has 0 aromatic heterocycles. The van der Waals surface area contributed by atoms with Crippen LogP contribution in [0.5, 0.6) is 0 Å². The Bertz CT molecular complexity index is 1540. The summed E-state index contributed by atoms with van der Waals surface area (Å²) >= 11 is 0. The summed E-state index contributed by atoms with van der Waals surface area (Å²) in [5, 5.41) is 8.07. The highest BCUT2D eigenvalue weighted by molar-refractivity contribution is 5.89. The number of nitrogens with zero attached hydrogens (tertiary/aromatic N) is 3. The Labute approximate surface area is 344 Å². The molecule has 3 aliphatic heterocycles. The van der Waals surface area contributed by atoms with E-state index in [4.69, 9.17) is 18.9 Å². The van der Waals surface area contributed by atoms with Crippen molar-refractivity contribution in [1.29, 1.82) is 0 Å². The molecule has 1 saturated carbocycles. The number of fused-ring (bicyclic) bond motifs is 2. The third-order valence-electron chi connectivity index (χ3n) is 11.1. The number of urea groups is 1. The van der Waals surface area contributed by atoms with Crippen LogP contribution in [0.2, 0.25) is 0 Å². The van der Waals surface area contributed by atoms with Gasteiger partial charge in [-0.25, -0.2) is 14.4 Å². The molecule has 3 heterocycles. The number of carbonyl (C=O) groups excluding carboxylic acids is 7. The Morgan fingerprint density at radius 1 is 0.569 bits per heavy atom. The summed E-state index contributed by atoms with van der Waals surface area (Å²) in [5.41, 5.74) is -2.45. The smallest absolute Gasteiger partial charge is 0.408 e. The Kier molecular flexibility index (Phi) is 15.2. The van der Waals surface area contributed by atoms with Gasteiger partial charge in [-0.05, 0) is 84.0 Å². The zero-order valence-electron chi connectivity index (χ0n) is 37.4. The van der Waals surface area contributed by atoms with E-state index in [-0.39, 0.29) is 48.4 Å². The lowest BCUT2D eigenvalue weighted by Gasteiger charge is -2.37. The van der Waals surface area contributed by atoms with E-state index >= 15 is 0 Å². The summed E-state index contributed by atoms with van der Waals surface area (Å²) in [6.07, 6.45) is 1.80. The maximum absolute atomic E-state index is 13.6. The van der Waals surface area contributed by atoms with Crippen LogP contribution >= 0.6 is 0 Å². The largest absolute Gasteiger partial charge is 0.469 e. The predicted octanol–water partition coefficient (Wildman–Crippen LogP) is 4.07. The van der Waals surface area contributed by atoms with Gasteiger partial charge in [-0.2, -0.15) is 0 Å². The van der Waals surface area contributed by atoms with E-state index in [1.54, 1.807) is 56.2 Å². The van der Waals surface area contributed by atoms with E-state index in [1.165, 1.54) is 21.3 Å². The van der Waals surface area contributed by atoms with Crippen LogP contribution in [0.4, 0.5) is 14.4 Å². The number of likely N-dealkylation sites (tertiary alicyclic amines) is 3. The van der Waals surface area contributed by atoms with Crippen molar-refractivity contribution in [3.8, 4) is 0 Å². The fraction of sp³-hybridized carbons (Fsp3) is 0.829. The Balaban J connectivity index is 0.000000313. The van der Waals surface area contributed by atoms with E-state index in [0.29, 0.717) is 25.4 Å². The molecule has 17 heteroatoms. The topological polar surface area (TPSA) is 202 Å². The number of alkyl carbamates (subject to hydrolysis) is 2. The number of rotatable bonds is 6. The lowest BCUT2D eigenvalue weighted by molar-refractivity contribution is -0.150. The highest BCUT2D eigenvalue weighted by atomic mass is 16.6. The lowest BCUT2D eigenvalue weighted by atomic mass is 9.85. The zero-order chi connectivity index (χ0) is 44.3. The van der Waals surface area contributed by atoms with Gasteiger partial charge in [0.25, 0.3) is 0 Å². The van der Waals surface area contributed by atoms with Gasteiger partial charge in [-0.15, -0.1) is 0 Å². The molecule has 58 heavy (non-hydrogen) atoms. The third-order valence-corrected chi connectivity index (χ3v) is 11.1. The number of amides is 6. The molecule has 0 radical (unpaired) electrons. The van der Waals surface area contributed by atoms with Gasteiger partial charge in [-0.3, -0.25) is 19.2 Å². The van der Waals surface area contributed by atoms with E-state index in [2.05, 4.69) is 16.0 Å². The van der Waals surface area contributed by atoms with Crippen LogP contribution in [-0.4, -0.2) is 139 Å². The lowest BCUT2D eigenvalue weighted by Crippen LogP contribution is -2.58. The van der Waals surface area contributed by atoms with Crippen LogP contribution < -0.4 is 16.0 Å². The Morgan fingerprint density at radius 2 is 1.00 bits per heavy atom. The molecule has 0 bridgehead atoms. The monoisotopic (exact) mass is 823 g/mol. The zero-order valence-corrected chi connectivity index (χ0v) is 37.4. The molecule has 4 fully saturated rings. The minimum absolute atomic E-state index is 0.143. The van der Waals surface area contributed by atoms with E-state index in [1.807, 2.05) is 41.5 Å². The first kappa shape index (κ1) is 48.1. The number of esters is 2. The van der Waals surface area contributed by atoms with Crippen molar-refractivity contribution >= 4 is 42.0 Å². The van der Waals surface area contributed by atoms with Crippen LogP contribution in [0.3, 0.4) is 0 Å². The number of ether oxygens (including phenoxy) is 4. The number of nitrogens with one attached hydrogen (secondary N) is 3. The molecular formula is C41H70N6O11. The van der Waals surface area contributed by atoms with E-state index in [0.717, 1.165) is 19.3 Å². The molecule has 4 aliphatic rings. The maximum atomic E-state index is 13.6. The molecule has 0 unspecified atom stereocenters. The Hall–Kier alpha value is -4.31. The van der Waals surface area contributed by atoms with Crippen molar-refractivity contribution < 1.29 is 52.5 Å². The average Bonchev–Trinajstić information content (AvgIpc) is 3.88. The highest BCUT2D eigenvalue weighted by Crippen LogP contribution is 2.43. The SMILES string of the molecule is CNC(=O)N1C[C@H](C(=O)OC)[C@@H]2[C@H]1CCN2C(=O)[C@@H](NC(=O)OC(C)(C)C)C(C)(C)C.COC(=O)[C@H]1CC[C@@H]2CCN(C(=O)[C@@H](NC(=O)OC(C)(C)C)C(C)(C)C)[C@@H]21. The first-order valence-electron chi connectivity index (χ1n) is 20.3. The molecule has 4 rings (SSSR count). The molecule has 6 amide bonds. The van der Waals surface area contributed by atoms with Crippen LogP contribution in [0.25, 0.3) is 0 Å². The molecule has 0 spiro atoms. The molecule has 330 valence electrons. The third kappa shape index (κ3) is 11.7. The number of hydrogen-bond donors (Lipinski definition) is 3. The van der Waals surface area contributed by atoms with Crippen molar-refractivity contribution in [1.82, 2.24) is 30.7 Å². The summed E-state index contributed by atoms with van der Waals surface area (Å²) in [6, 6.07) is -2.85.